The molecule has 3 nitrogen and oxygen atoms in total. The fourth-order valence-corrected chi connectivity index (χ4v) is 2.01. The summed E-state index contributed by atoms with van der Waals surface area (Å²) < 4.78 is 18.7. The third-order valence-electron chi connectivity index (χ3n) is 2.32. The van der Waals surface area contributed by atoms with E-state index in [0.29, 0.717) is 17.9 Å². The molecule has 5 heteroatoms. The summed E-state index contributed by atoms with van der Waals surface area (Å²) in [5.41, 5.74) is 9.04. The van der Waals surface area contributed by atoms with Crippen LogP contribution in [0.25, 0.3) is 0 Å². The van der Waals surface area contributed by atoms with Gasteiger partial charge in [-0.2, -0.15) is 0 Å². The second-order valence-corrected chi connectivity index (χ2v) is 4.46. The largest absolute Gasteiger partial charge is 0.487 e. The van der Waals surface area contributed by atoms with Crippen LogP contribution < -0.4 is 10.5 Å². The quantitative estimate of drug-likeness (QED) is 0.910. The highest BCUT2D eigenvalue weighted by Crippen LogP contribution is 2.25. The molecule has 0 aliphatic heterocycles. The van der Waals surface area contributed by atoms with Gasteiger partial charge >= 0.3 is 0 Å². The van der Waals surface area contributed by atoms with Crippen LogP contribution in [0.15, 0.2) is 29.1 Å². The van der Waals surface area contributed by atoms with Crippen LogP contribution in [-0.2, 0) is 6.61 Å². The second-order valence-electron chi connectivity index (χ2n) is 3.74. The minimum atomic E-state index is -0.307. The fourth-order valence-electron chi connectivity index (χ4n) is 1.47. The highest BCUT2D eigenvalue weighted by atomic mass is 32.1. The first-order valence-corrected chi connectivity index (χ1v) is 6.16. The van der Waals surface area contributed by atoms with E-state index in [1.807, 2.05) is 5.38 Å². The van der Waals surface area contributed by atoms with Gasteiger partial charge in [-0.25, -0.2) is 9.37 Å². The Bertz CT molecular complexity index is 485. The molecule has 90 valence electrons. The van der Waals surface area contributed by atoms with Crippen molar-refractivity contribution >= 4 is 11.3 Å². The normalized spacial score (nSPS) is 12.4. The summed E-state index contributed by atoms with van der Waals surface area (Å²) in [4.78, 5) is 4.11. The van der Waals surface area contributed by atoms with Crippen LogP contribution in [-0.4, -0.2) is 4.98 Å². The number of nitrogens with two attached hydrogens (primary N) is 1. The molecule has 2 N–H and O–H groups in total. The van der Waals surface area contributed by atoms with Crippen LogP contribution in [0.5, 0.6) is 5.75 Å². The summed E-state index contributed by atoms with van der Waals surface area (Å²) in [6.45, 7) is 2.17. The molecule has 17 heavy (non-hydrogen) atoms. The molecule has 0 spiro atoms. The van der Waals surface area contributed by atoms with E-state index in [4.69, 9.17) is 10.5 Å². The third kappa shape index (κ3) is 3.01. The van der Waals surface area contributed by atoms with Gasteiger partial charge in [0, 0.05) is 17.0 Å². The Hall–Kier alpha value is -1.46. The summed E-state index contributed by atoms with van der Waals surface area (Å²) >= 11 is 1.51. The average molecular weight is 252 g/mol. The SMILES string of the molecule is CC(N)c1cc(F)ccc1OCc1cscn1. The molecule has 1 atom stereocenters. The van der Waals surface area contributed by atoms with Gasteiger partial charge in [0.2, 0.25) is 0 Å². The lowest BCUT2D eigenvalue weighted by Crippen LogP contribution is -2.08. The maximum atomic E-state index is 13.1. The van der Waals surface area contributed by atoms with Crippen molar-refractivity contribution in [1.29, 1.82) is 0 Å². The predicted molar refractivity (Wildman–Crippen MR) is 65.4 cm³/mol. The zero-order valence-electron chi connectivity index (χ0n) is 9.39. The highest BCUT2D eigenvalue weighted by Gasteiger charge is 2.10. The lowest BCUT2D eigenvalue weighted by molar-refractivity contribution is 0.297. The van der Waals surface area contributed by atoms with Crippen molar-refractivity contribution in [3.05, 3.63) is 46.2 Å². The number of nitrogens with zero attached hydrogens (tertiary/aromatic N) is 1. The lowest BCUT2D eigenvalue weighted by atomic mass is 10.1. The molecule has 1 unspecified atom stereocenters. The molecule has 1 aromatic heterocycles. The number of hydrogen-bond acceptors (Lipinski definition) is 4. The van der Waals surface area contributed by atoms with E-state index >= 15 is 0 Å². The zero-order chi connectivity index (χ0) is 12.3. The molecule has 0 aliphatic carbocycles. The topological polar surface area (TPSA) is 48.1 Å². The van der Waals surface area contributed by atoms with Gasteiger partial charge in [0.25, 0.3) is 0 Å². The minimum absolute atomic E-state index is 0.267. The Morgan fingerprint density at radius 1 is 1.53 bits per heavy atom. The Morgan fingerprint density at radius 3 is 3.00 bits per heavy atom. The number of ether oxygens (including phenoxy) is 1. The average Bonchev–Trinajstić information content (AvgIpc) is 2.80. The zero-order valence-corrected chi connectivity index (χ0v) is 10.2. The molecule has 0 fully saturated rings. The maximum absolute atomic E-state index is 13.1. The van der Waals surface area contributed by atoms with E-state index in [1.54, 1.807) is 18.5 Å². The molecule has 0 radical (unpaired) electrons. The van der Waals surface area contributed by atoms with Gasteiger partial charge in [-0.3, -0.25) is 0 Å². The summed E-state index contributed by atoms with van der Waals surface area (Å²) in [6.07, 6.45) is 0. The van der Waals surface area contributed by atoms with Crippen molar-refractivity contribution in [3.63, 3.8) is 0 Å². The van der Waals surface area contributed by atoms with Crippen LogP contribution in [0, 0.1) is 5.82 Å². The highest BCUT2D eigenvalue weighted by molar-refractivity contribution is 7.07. The molecule has 1 aromatic carbocycles. The van der Waals surface area contributed by atoms with Gasteiger partial charge < -0.3 is 10.5 Å². The first kappa shape index (κ1) is 12.0. The van der Waals surface area contributed by atoms with E-state index in [9.17, 15) is 4.39 Å². The monoisotopic (exact) mass is 252 g/mol. The fraction of sp³-hybridized carbons (Fsp3) is 0.250. The third-order valence-corrected chi connectivity index (χ3v) is 2.96. The molecule has 0 amide bonds. The summed E-state index contributed by atoms with van der Waals surface area (Å²) in [5.74, 6) is 0.299. The van der Waals surface area contributed by atoms with Gasteiger partial charge in [-0.15, -0.1) is 11.3 Å². The number of hydrogen-bond donors (Lipinski definition) is 1. The van der Waals surface area contributed by atoms with E-state index in [1.165, 1.54) is 23.5 Å². The number of thiazole rings is 1. The van der Waals surface area contributed by atoms with E-state index in [2.05, 4.69) is 4.98 Å². The van der Waals surface area contributed by atoms with Crippen molar-refractivity contribution in [2.45, 2.75) is 19.6 Å². The molecule has 2 aromatic rings. The minimum Gasteiger partial charge on any atom is -0.487 e. The van der Waals surface area contributed by atoms with E-state index in [-0.39, 0.29) is 11.9 Å². The van der Waals surface area contributed by atoms with Gasteiger partial charge in [0.05, 0.1) is 11.2 Å². The van der Waals surface area contributed by atoms with E-state index in [0.717, 1.165) is 5.69 Å². The van der Waals surface area contributed by atoms with Crippen LogP contribution >= 0.6 is 11.3 Å². The van der Waals surface area contributed by atoms with Crippen LogP contribution in [0.2, 0.25) is 0 Å². The molecular formula is C12H13FN2OS. The Kier molecular flexibility index (Phi) is 3.71. The first-order valence-electron chi connectivity index (χ1n) is 5.21. The van der Waals surface area contributed by atoms with Gasteiger partial charge in [0.15, 0.2) is 0 Å². The van der Waals surface area contributed by atoms with Gasteiger partial charge in [-0.1, -0.05) is 0 Å². The molecule has 0 aliphatic rings. The van der Waals surface area contributed by atoms with Crippen molar-refractivity contribution in [2.24, 2.45) is 5.73 Å². The lowest BCUT2D eigenvalue weighted by Gasteiger charge is -2.13. The Labute approximate surface area is 103 Å². The summed E-state index contributed by atoms with van der Waals surface area (Å²) in [7, 11) is 0. The molecule has 1 heterocycles. The van der Waals surface area contributed by atoms with Crippen LogP contribution in [0.4, 0.5) is 4.39 Å². The van der Waals surface area contributed by atoms with Gasteiger partial charge in [-0.05, 0) is 25.1 Å². The van der Waals surface area contributed by atoms with Crippen LogP contribution in [0.3, 0.4) is 0 Å². The van der Waals surface area contributed by atoms with Crippen molar-refractivity contribution in [1.82, 2.24) is 4.98 Å². The number of benzene rings is 1. The number of rotatable bonds is 4. The smallest absolute Gasteiger partial charge is 0.131 e. The molecule has 0 saturated heterocycles. The van der Waals surface area contributed by atoms with Crippen molar-refractivity contribution in [2.75, 3.05) is 0 Å². The molecular weight excluding hydrogens is 239 g/mol. The maximum Gasteiger partial charge on any atom is 0.131 e. The summed E-state index contributed by atoms with van der Waals surface area (Å²) in [5, 5.41) is 1.91. The Balaban J connectivity index is 2.14. The van der Waals surface area contributed by atoms with Crippen molar-refractivity contribution < 1.29 is 9.13 Å². The standard InChI is InChI=1S/C12H13FN2OS/c1-8(14)11-4-9(13)2-3-12(11)16-5-10-6-17-7-15-10/h2-4,6-8H,5,14H2,1H3. The molecule has 0 bridgehead atoms. The van der Waals surface area contributed by atoms with Crippen LogP contribution in [0.1, 0.15) is 24.2 Å². The van der Waals surface area contributed by atoms with Crippen molar-refractivity contribution in [3.8, 4) is 5.75 Å². The molecule has 0 saturated carbocycles. The summed E-state index contributed by atoms with van der Waals surface area (Å²) in [6, 6.07) is 4.10. The number of halogens is 1. The number of aromatic nitrogens is 1. The first-order chi connectivity index (χ1) is 8.16. The Morgan fingerprint density at radius 2 is 2.35 bits per heavy atom. The van der Waals surface area contributed by atoms with Gasteiger partial charge in [0.1, 0.15) is 18.2 Å². The van der Waals surface area contributed by atoms with E-state index < -0.39 is 0 Å². The second kappa shape index (κ2) is 5.25. The predicted octanol–water partition coefficient (Wildman–Crippen LogP) is 2.88. The molecule has 2 rings (SSSR count).